The van der Waals surface area contributed by atoms with Crippen molar-refractivity contribution in [1.82, 2.24) is 9.88 Å². The van der Waals surface area contributed by atoms with Gasteiger partial charge in [-0.2, -0.15) is 0 Å². The van der Waals surface area contributed by atoms with E-state index in [9.17, 15) is 10.2 Å². The molecule has 6 N–H and O–H groups in total. The van der Waals surface area contributed by atoms with Crippen LogP contribution >= 0.6 is 11.8 Å². The summed E-state index contributed by atoms with van der Waals surface area (Å²) in [5.41, 5.74) is 20.0. The number of aromatic hydroxyl groups is 1. The van der Waals surface area contributed by atoms with Gasteiger partial charge in [-0.05, 0) is 13.8 Å². The van der Waals surface area contributed by atoms with E-state index in [-0.39, 0.29) is 25.5 Å². The minimum absolute atomic E-state index is 0.000117. The Bertz CT molecular complexity index is 993. The van der Waals surface area contributed by atoms with Crippen LogP contribution in [0.5, 0.6) is 5.75 Å². The van der Waals surface area contributed by atoms with Crippen LogP contribution in [0.3, 0.4) is 0 Å². The van der Waals surface area contributed by atoms with E-state index >= 15 is 0 Å². The fourth-order valence-electron chi connectivity index (χ4n) is 3.27. The molecule has 2 aliphatic heterocycles. The molecule has 0 aliphatic carbocycles. The highest BCUT2D eigenvalue weighted by Gasteiger charge is 2.21. The molecule has 3 rings (SSSR count). The number of rotatable bonds is 9. The Kier molecular flexibility index (Phi) is 7.95. The van der Waals surface area contributed by atoms with Gasteiger partial charge in [-0.1, -0.05) is 5.73 Å². The van der Waals surface area contributed by atoms with Gasteiger partial charge in [-0.25, -0.2) is 0 Å². The monoisotopic (exact) mass is 443 g/mol. The number of pyridine rings is 1. The molecule has 0 aromatic carbocycles. The van der Waals surface area contributed by atoms with E-state index in [2.05, 4.69) is 27.5 Å². The SMILES string of the molecule is CC1=NC=C(CN2CSC(CCOCc3ncc(CO)c(CN)c3O)=C2C)C(N)=C=C1. The van der Waals surface area contributed by atoms with E-state index in [1.54, 1.807) is 17.8 Å². The average molecular weight is 444 g/mol. The maximum atomic E-state index is 10.3. The minimum atomic E-state index is -0.212. The van der Waals surface area contributed by atoms with E-state index in [0.29, 0.717) is 35.7 Å². The number of nitrogens with two attached hydrogens (primary N) is 2. The molecule has 9 heteroatoms. The Morgan fingerprint density at radius 1 is 1.35 bits per heavy atom. The van der Waals surface area contributed by atoms with Crippen LogP contribution in [0.25, 0.3) is 0 Å². The largest absolute Gasteiger partial charge is 0.506 e. The Balaban J connectivity index is 1.55. The highest BCUT2D eigenvalue weighted by molar-refractivity contribution is 8.03. The van der Waals surface area contributed by atoms with E-state index in [0.717, 1.165) is 23.6 Å². The van der Waals surface area contributed by atoms with Crippen LogP contribution in [0.2, 0.25) is 0 Å². The summed E-state index contributed by atoms with van der Waals surface area (Å²) in [7, 11) is 0. The van der Waals surface area contributed by atoms with Gasteiger partial charge in [-0.3, -0.25) is 9.98 Å². The van der Waals surface area contributed by atoms with Gasteiger partial charge < -0.3 is 31.3 Å². The summed E-state index contributed by atoms with van der Waals surface area (Å²) >= 11 is 1.79. The van der Waals surface area contributed by atoms with Crippen LogP contribution in [-0.4, -0.2) is 44.8 Å². The lowest BCUT2D eigenvalue weighted by Gasteiger charge is -2.20. The Labute approximate surface area is 186 Å². The summed E-state index contributed by atoms with van der Waals surface area (Å²) in [5, 5.41) is 19.6. The van der Waals surface area contributed by atoms with Crippen molar-refractivity contribution in [1.29, 1.82) is 0 Å². The summed E-state index contributed by atoms with van der Waals surface area (Å²) in [6.45, 7) is 5.31. The summed E-state index contributed by atoms with van der Waals surface area (Å²) < 4.78 is 5.76. The van der Waals surface area contributed by atoms with E-state index in [1.807, 2.05) is 13.1 Å². The molecule has 0 saturated heterocycles. The van der Waals surface area contributed by atoms with Gasteiger partial charge in [-0.15, -0.1) is 11.8 Å². The second kappa shape index (κ2) is 10.7. The number of allylic oxidation sites excluding steroid dienone is 1. The molecule has 31 heavy (non-hydrogen) atoms. The van der Waals surface area contributed by atoms with Crippen molar-refractivity contribution in [2.75, 3.05) is 19.0 Å². The number of aliphatic hydroxyl groups is 1. The third-order valence-corrected chi connectivity index (χ3v) is 6.54. The van der Waals surface area contributed by atoms with Crippen LogP contribution in [0.4, 0.5) is 0 Å². The van der Waals surface area contributed by atoms with Gasteiger partial charge >= 0.3 is 0 Å². The van der Waals surface area contributed by atoms with Crippen molar-refractivity contribution in [3.8, 4) is 5.75 Å². The molecule has 2 aliphatic rings. The molecule has 1 aromatic heterocycles. The zero-order valence-corrected chi connectivity index (χ0v) is 18.7. The molecule has 0 amide bonds. The molecule has 0 unspecified atom stereocenters. The molecule has 0 spiro atoms. The molecule has 0 saturated carbocycles. The van der Waals surface area contributed by atoms with Crippen molar-refractivity contribution in [3.63, 3.8) is 0 Å². The standard InChI is InChI=1S/C22H29N5O3S/c1-14-3-4-19(24)16(8-25-14)10-27-13-31-21(15(27)2)5-6-30-12-20-22(29)18(7-23)17(11-28)9-26-20/h3,8-9,28-29H,5-7,10-13,23-24H2,1-2H3. The number of hydrogen-bond donors (Lipinski definition) is 4. The van der Waals surface area contributed by atoms with Gasteiger partial charge in [0, 0.05) is 71.0 Å². The normalized spacial score (nSPS) is 16.4. The van der Waals surface area contributed by atoms with Crippen molar-refractivity contribution in [2.45, 2.75) is 40.0 Å². The fourth-order valence-corrected chi connectivity index (χ4v) is 4.43. The molecule has 1 aromatic rings. The van der Waals surface area contributed by atoms with Crippen molar-refractivity contribution >= 4 is 17.5 Å². The molecule has 8 nitrogen and oxygen atoms in total. The number of thioether (sulfide) groups is 1. The summed E-state index contributed by atoms with van der Waals surface area (Å²) in [6.07, 6.45) is 5.91. The predicted octanol–water partition coefficient (Wildman–Crippen LogP) is 2.24. The lowest BCUT2D eigenvalue weighted by molar-refractivity contribution is 0.119. The average Bonchev–Trinajstić information content (AvgIpc) is 3.02. The zero-order valence-electron chi connectivity index (χ0n) is 17.9. The molecule has 3 heterocycles. The van der Waals surface area contributed by atoms with Gasteiger partial charge in [0.1, 0.15) is 11.4 Å². The fraction of sp³-hybridized carbons (Fsp3) is 0.409. The maximum absolute atomic E-state index is 10.3. The highest BCUT2D eigenvalue weighted by Crippen LogP contribution is 2.35. The smallest absolute Gasteiger partial charge is 0.144 e. The minimum Gasteiger partial charge on any atom is -0.506 e. The quantitative estimate of drug-likeness (QED) is 0.338. The first kappa shape index (κ1) is 23.1. The lowest BCUT2D eigenvalue weighted by Crippen LogP contribution is -2.22. The molecule has 0 radical (unpaired) electrons. The van der Waals surface area contributed by atoms with Crippen LogP contribution in [0.15, 0.2) is 51.1 Å². The lowest BCUT2D eigenvalue weighted by atomic mass is 10.1. The summed E-state index contributed by atoms with van der Waals surface area (Å²) in [4.78, 5) is 12.1. The number of aliphatic hydroxyl groups excluding tert-OH is 1. The van der Waals surface area contributed by atoms with Crippen LogP contribution in [0.1, 0.15) is 37.1 Å². The third-order valence-electron chi connectivity index (χ3n) is 5.25. The van der Waals surface area contributed by atoms with E-state index in [1.165, 1.54) is 16.8 Å². The van der Waals surface area contributed by atoms with Crippen LogP contribution < -0.4 is 11.5 Å². The number of aliphatic imine (C=N–C) groups is 1. The highest BCUT2D eigenvalue weighted by atomic mass is 32.2. The molecule has 0 bridgehead atoms. The summed E-state index contributed by atoms with van der Waals surface area (Å²) in [5.74, 6) is 0.850. The Morgan fingerprint density at radius 2 is 2.16 bits per heavy atom. The number of nitrogens with zero attached hydrogens (tertiary/aromatic N) is 3. The number of hydrogen-bond acceptors (Lipinski definition) is 9. The topological polar surface area (TPSA) is 130 Å². The first-order chi connectivity index (χ1) is 14.9. The van der Waals surface area contributed by atoms with Crippen molar-refractivity contribution < 1.29 is 14.9 Å². The molecular weight excluding hydrogens is 414 g/mol. The van der Waals surface area contributed by atoms with Gasteiger partial charge in [0.05, 0.1) is 31.4 Å². The number of ether oxygens (including phenoxy) is 1. The van der Waals surface area contributed by atoms with Crippen molar-refractivity contribution in [2.24, 2.45) is 16.5 Å². The predicted molar refractivity (Wildman–Crippen MR) is 123 cm³/mol. The summed E-state index contributed by atoms with van der Waals surface area (Å²) in [6, 6.07) is 0. The van der Waals surface area contributed by atoms with Crippen LogP contribution in [-0.2, 0) is 24.5 Å². The van der Waals surface area contributed by atoms with Gasteiger partial charge in [0.2, 0.25) is 0 Å². The molecule has 0 atom stereocenters. The van der Waals surface area contributed by atoms with E-state index in [4.69, 9.17) is 16.2 Å². The first-order valence-electron chi connectivity index (χ1n) is 10.0. The Hall–Kier alpha value is -2.55. The van der Waals surface area contributed by atoms with Gasteiger partial charge in [0.15, 0.2) is 0 Å². The number of aromatic nitrogens is 1. The third kappa shape index (κ3) is 5.58. The Morgan fingerprint density at radius 3 is 2.90 bits per heavy atom. The first-order valence-corrected chi connectivity index (χ1v) is 11.0. The zero-order chi connectivity index (χ0) is 22.4. The van der Waals surface area contributed by atoms with Crippen molar-refractivity contribution in [3.05, 3.63) is 62.9 Å². The molecular formula is C22H29N5O3S. The van der Waals surface area contributed by atoms with E-state index < -0.39 is 0 Å². The van der Waals surface area contributed by atoms with Crippen LogP contribution in [0, 0.1) is 0 Å². The second-order valence-electron chi connectivity index (χ2n) is 7.33. The second-order valence-corrected chi connectivity index (χ2v) is 8.37. The molecule has 166 valence electrons. The van der Waals surface area contributed by atoms with Gasteiger partial charge in [0.25, 0.3) is 0 Å². The molecule has 0 fully saturated rings. The maximum Gasteiger partial charge on any atom is 0.144 e.